The van der Waals surface area contributed by atoms with E-state index in [4.69, 9.17) is 0 Å². The van der Waals surface area contributed by atoms with Crippen molar-refractivity contribution in [3.05, 3.63) is 29.3 Å². The van der Waals surface area contributed by atoms with Crippen LogP contribution in [0.5, 0.6) is 0 Å². The lowest BCUT2D eigenvalue weighted by Gasteiger charge is -2.26. The molecule has 1 heterocycles. The SMILES string of the molecule is CN1C(=O)CCc2cc(C(C(=O)O)C3CC3)ccc21. The lowest BCUT2D eigenvalue weighted by molar-refractivity contribution is -0.139. The maximum atomic E-state index is 11.6. The van der Waals surface area contributed by atoms with E-state index in [0.717, 1.165) is 29.7 Å². The van der Waals surface area contributed by atoms with Crippen molar-refractivity contribution in [2.75, 3.05) is 11.9 Å². The zero-order valence-corrected chi connectivity index (χ0v) is 10.9. The Bertz CT molecular complexity index is 548. The number of anilines is 1. The molecule has 4 heteroatoms. The standard InChI is InChI=1S/C15H17NO3/c1-16-12-6-4-11(8-10(12)5-7-13(16)17)14(15(18)19)9-2-3-9/h4,6,8-9,14H,2-3,5,7H2,1H3,(H,18,19). The van der Waals surface area contributed by atoms with Crippen molar-refractivity contribution in [3.63, 3.8) is 0 Å². The van der Waals surface area contributed by atoms with E-state index in [1.54, 1.807) is 11.9 Å². The van der Waals surface area contributed by atoms with E-state index in [9.17, 15) is 14.7 Å². The summed E-state index contributed by atoms with van der Waals surface area (Å²) >= 11 is 0. The molecule has 1 aliphatic heterocycles. The van der Waals surface area contributed by atoms with Crippen LogP contribution in [0.4, 0.5) is 5.69 Å². The van der Waals surface area contributed by atoms with Gasteiger partial charge in [-0.15, -0.1) is 0 Å². The van der Waals surface area contributed by atoms with Crippen molar-refractivity contribution in [2.24, 2.45) is 5.92 Å². The van der Waals surface area contributed by atoms with Gasteiger partial charge in [0.05, 0.1) is 5.92 Å². The molecule has 19 heavy (non-hydrogen) atoms. The Kier molecular flexibility index (Phi) is 2.81. The van der Waals surface area contributed by atoms with E-state index < -0.39 is 5.97 Å². The first kappa shape index (κ1) is 12.2. The average Bonchev–Trinajstić information content (AvgIpc) is 3.18. The number of carboxylic acids is 1. The molecule has 1 aliphatic carbocycles. The minimum atomic E-state index is -0.734. The van der Waals surface area contributed by atoms with E-state index in [2.05, 4.69) is 0 Å². The fourth-order valence-electron chi connectivity index (χ4n) is 2.92. The predicted molar refractivity (Wildman–Crippen MR) is 71.3 cm³/mol. The van der Waals surface area contributed by atoms with E-state index >= 15 is 0 Å². The van der Waals surface area contributed by atoms with Gasteiger partial charge < -0.3 is 10.0 Å². The van der Waals surface area contributed by atoms with Crippen LogP contribution in [0.2, 0.25) is 0 Å². The molecule has 1 N–H and O–H groups in total. The summed E-state index contributed by atoms with van der Waals surface area (Å²) in [5, 5.41) is 9.37. The minimum Gasteiger partial charge on any atom is -0.481 e. The molecule has 1 atom stereocenters. The summed E-state index contributed by atoms with van der Waals surface area (Å²) in [6, 6.07) is 5.74. The van der Waals surface area contributed by atoms with Gasteiger partial charge in [-0.3, -0.25) is 9.59 Å². The first-order valence-electron chi connectivity index (χ1n) is 6.70. The monoisotopic (exact) mass is 259 g/mol. The van der Waals surface area contributed by atoms with Crippen molar-refractivity contribution in [3.8, 4) is 0 Å². The molecule has 0 radical (unpaired) electrons. The number of amides is 1. The fraction of sp³-hybridized carbons (Fsp3) is 0.467. The molecule has 3 rings (SSSR count). The second kappa shape index (κ2) is 4.37. The molecule has 0 aromatic heterocycles. The maximum Gasteiger partial charge on any atom is 0.311 e. The summed E-state index contributed by atoms with van der Waals surface area (Å²) < 4.78 is 0. The highest BCUT2D eigenvalue weighted by atomic mass is 16.4. The molecule has 4 nitrogen and oxygen atoms in total. The van der Waals surface area contributed by atoms with Crippen molar-refractivity contribution in [1.82, 2.24) is 0 Å². The van der Waals surface area contributed by atoms with Gasteiger partial charge >= 0.3 is 5.97 Å². The molecular formula is C15H17NO3. The van der Waals surface area contributed by atoms with Gasteiger partial charge in [-0.25, -0.2) is 0 Å². The third kappa shape index (κ3) is 2.11. The van der Waals surface area contributed by atoms with E-state index in [-0.39, 0.29) is 11.8 Å². The topological polar surface area (TPSA) is 57.6 Å². The number of benzene rings is 1. The summed E-state index contributed by atoms with van der Waals surface area (Å²) in [7, 11) is 1.77. The van der Waals surface area contributed by atoms with Crippen LogP contribution in [0, 0.1) is 5.92 Å². The summed E-state index contributed by atoms with van der Waals surface area (Å²) in [6.07, 6.45) is 3.23. The highest BCUT2D eigenvalue weighted by Crippen LogP contribution is 2.43. The van der Waals surface area contributed by atoms with Gasteiger partial charge in [0.2, 0.25) is 5.91 Å². The smallest absolute Gasteiger partial charge is 0.311 e. The number of carbonyl (C=O) groups excluding carboxylic acids is 1. The Hall–Kier alpha value is -1.84. The Labute approximate surface area is 112 Å². The minimum absolute atomic E-state index is 0.122. The average molecular weight is 259 g/mol. The summed E-state index contributed by atoms with van der Waals surface area (Å²) in [6.45, 7) is 0. The van der Waals surface area contributed by atoms with Crippen LogP contribution < -0.4 is 4.90 Å². The molecule has 1 aromatic carbocycles. The molecular weight excluding hydrogens is 242 g/mol. The molecule has 1 aromatic rings. The Morgan fingerprint density at radius 3 is 2.74 bits per heavy atom. The number of hydrogen-bond acceptors (Lipinski definition) is 2. The molecule has 0 saturated heterocycles. The van der Waals surface area contributed by atoms with Gasteiger partial charge in [-0.05, 0) is 42.4 Å². The lowest BCUT2D eigenvalue weighted by Crippen LogP contribution is -2.31. The van der Waals surface area contributed by atoms with Gasteiger partial charge in [0.1, 0.15) is 0 Å². The highest BCUT2D eigenvalue weighted by molar-refractivity contribution is 5.96. The number of rotatable bonds is 3. The molecule has 1 unspecified atom stereocenters. The van der Waals surface area contributed by atoms with E-state index in [0.29, 0.717) is 18.8 Å². The third-order valence-electron chi connectivity index (χ3n) is 4.17. The van der Waals surface area contributed by atoms with Crippen molar-refractivity contribution >= 4 is 17.6 Å². The summed E-state index contributed by atoms with van der Waals surface area (Å²) in [5.41, 5.74) is 2.89. The Morgan fingerprint density at radius 1 is 1.37 bits per heavy atom. The van der Waals surface area contributed by atoms with Gasteiger partial charge in [0, 0.05) is 19.2 Å². The molecule has 1 saturated carbocycles. The number of nitrogens with zero attached hydrogens (tertiary/aromatic N) is 1. The van der Waals surface area contributed by atoms with Crippen molar-refractivity contribution in [2.45, 2.75) is 31.6 Å². The normalized spacial score (nSPS) is 20.1. The van der Waals surface area contributed by atoms with Gasteiger partial charge in [-0.2, -0.15) is 0 Å². The molecule has 1 fully saturated rings. The predicted octanol–water partition coefficient (Wildman–Crippen LogP) is 2.17. The fourth-order valence-corrected chi connectivity index (χ4v) is 2.92. The first-order valence-corrected chi connectivity index (χ1v) is 6.70. The van der Waals surface area contributed by atoms with Crippen molar-refractivity contribution < 1.29 is 14.7 Å². The van der Waals surface area contributed by atoms with Crippen LogP contribution in [0.25, 0.3) is 0 Å². The molecule has 1 amide bonds. The number of carboxylic acid groups (broad SMARTS) is 1. The Morgan fingerprint density at radius 2 is 2.11 bits per heavy atom. The van der Waals surface area contributed by atoms with Crippen LogP contribution in [-0.4, -0.2) is 24.0 Å². The maximum absolute atomic E-state index is 11.6. The van der Waals surface area contributed by atoms with Crippen molar-refractivity contribution in [1.29, 1.82) is 0 Å². The van der Waals surface area contributed by atoms with Crippen LogP contribution in [-0.2, 0) is 16.0 Å². The number of fused-ring (bicyclic) bond motifs is 1. The lowest BCUT2D eigenvalue weighted by atomic mass is 9.90. The Balaban J connectivity index is 1.97. The first-order chi connectivity index (χ1) is 9.08. The summed E-state index contributed by atoms with van der Waals surface area (Å²) in [5.74, 6) is -0.702. The van der Waals surface area contributed by atoms with E-state index in [1.807, 2.05) is 18.2 Å². The third-order valence-corrected chi connectivity index (χ3v) is 4.17. The van der Waals surface area contributed by atoms with Crippen LogP contribution >= 0.6 is 0 Å². The van der Waals surface area contributed by atoms with Crippen LogP contribution in [0.15, 0.2) is 18.2 Å². The zero-order valence-electron chi connectivity index (χ0n) is 10.9. The summed E-state index contributed by atoms with van der Waals surface area (Å²) in [4.78, 5) is 24.7. The molecule has 2 aliphatic rings. The zero-order chi connectivity index (χ0) is 13.6. The molecule has 0 bridgehead atoms. The second-order valence-corrected chi connectivity index (χ2v) is 5.49. The molecule has 100 valence electrons. The highest BCUT2D eigenvalue weighted by Gasteiger charge is 2.37. The number of aryl methyl sites for hydroxylation is 1. The van der Waals surface area contributed by atoms with Crippen LogP contribution in [0.3, 0.4) is 0 Å². The largest absolute Gasteiger partial charge is 0.481 e. The second-order valence-electron chi connectivity index (χ2n) is 5.49. The number of carbonyl (C=O) groups is 2. The van der Waals surface area contributed by atoms with Gasteiger partial charge in [0.15, 0.2) is 0 Å². The molecule has 0 spiro atoms. The number of aliphatic carboxylic acids is 1. The van der Waals surface area contributed by atoms with E-state index in [1.165, 1.54) is 0 Å². The van der Waals surface area contributed by atoms with Gasteiger partial charge in [-0.1, -0.05) is 12.1 Å². The quantitative estimate of drug-likeness (QED) is 0.905. The van der Waals surface area contributed by atoms with Gasteiger partial charge in [0.25, 0.3) is 0 Å². The number of hydrogen-bond donors (Lipinski definition) is 1. The van der Waals surface area contributed by atoms with Crippen LogP contribution in [0.1, 0.15) is 36.3 Å².